The molecular formula is C21H26N2O2. The number of aromatic amines is 1. The molecule has 4 aliphatic rings. The number of carbonyl (C=O) groups excluding carboxylic acids is 1. The Bertz CT molecular complexity index is 777. The highest BCUT2D eigenvalue weighted by Gasteiger charge is 2.57. The predicted molar refractivity (Wildman–Crippen MR) is 96.8 cm³/mol. The average Bonchev–Trinajstić information content (AvgIpc) is 2.93. The molecule has 4 fully saturated rings. The smallest absolute Gasteiger partial charge is 0.220 e. The summed E-state index contributed by atoms with van der Waals surface area (Å²) >= 11 is 0. The molecule has 0 radical (unpaired) electrons. The minimum absolute atomic E-state index is 0.0450. The molecule has 0 spiro atoms. The first-order valence-corrected chi connectivity index (χ1v) is 9.57. The van der Waals surface area contributed by atoms with E-state index in [1.807, 2.05) is 12.1 Å². The van der Waals surface area contributed by atoms with Crippen molar-refractivity contribution in [1.29, 1.82) is 0 Å². The fourth-order valence-corrected chi connectivity index (χ4v) is 6.43. The molecule has 4 bridgehead atoms. The lowest BCUT2D eigenvalue weighted by Crippen LogP contribution is -2.56. The number of carbonyl (C=O) groups is 1. The summed E-state index contributed by atoms with van der Waals surface area (Å²) in [6.45, 7) is 0.542. The summed E-state index contributed by atoms with van der Waals surface area (Å²) in [7, 11) is 0. The van der Waals surface area contributed by atoms with E-state index in [9.17, 15) is 9.90 Å². The lowest BCUT2D eigenvalue weighted by atomic mass is 9.47. The van der Waals surface area contributed by atoms with Gasteiger partial charge >= 0.3 is 0 Å². The summed E-state index contributed by atoms with van der Waals surface area (Å²) in [5.74, 6) is 1.39. The molecule has 4 saturated carbocycles. The molecule has 132 valence electrons. The zero-order valence-electron chi connectivity index (χ0n) is 14.6. The second-order valence-corrected chi connectivity index (χ2v) is 9.02. The maximum atomic E-state index is 12.6. The highest BCUT2D eigenvalue weighted by atomic mass is 16.3. The van der Waals surface area contributed by atoms with Crippen LogP contribution in [-0.2, 0) is 11.3 Å². The third kappa shape index (κ3) is 2.77. The van der Waals surface area contributed by atoms with Gasteiger partial charge in [-0.15, -0.1) is 0 Å². The molecular weight excluding hydrogens is 312 g/mol. The fourth-order valence-electron chi connectivity index (χ4n) is 6.43. The minimum atomic E-state index is -0.485. The standard InChI is InChI=1S/C21H26N2O2/c24-19(22-12-17-6-16-3-1-2-4-18(16)23-17)11-20-7-14-5-15(8-20)10-21(25,9-14)13-20/h1-4,6,14-15,23,25H,5,7-13H2,(H,22,24). The number of benzene rings is 1. The summed E-state index contributed by atoms with van der Waals surface area (Å²) < 4.78 is 0. The normalized spacial score (nSPS) is 36.0. The summed E-state index contributed by atoms with van der Waals surface area (Å²) in [6, 6.07) is 10.3. The van der Waals surface area contributed by atoms with E-state index in [0.717, 1.165) is 43.3 Å². The summed E-state index contributed by atoms with van der Waals surface area (Å²) in [5, 5.41) is 15.1. The van der Waals surface area contributed by atoms with Crippen molar-refractivity contribution < 1.29 is 9.90 Å². The van der Waals surface area contributed by atoms with E-state index in [1.54, 1.807) is 0 Å². The van der Waals surface area contributed by atoms with E-state index in [0.29, 0.717) is 24.8 Å². The van der Waals surface area contributed by atoms with Gasteiger partial charge in [-0.3, -0.25) is 4.79 Å². The topological polar surface area (TPSA) is 65.1 Å². The Labute approximate surface area is 148 Å². The Balaban J connectivity index is 1.25. The van der Waals surface area contributed by atoms with Crippen molar-refractivity contribution >= 4 is 16.8 Å². The zero-order chi connectivity index (χ0) is 17.1. The summed E-state index contributed by atoms with van der Waals surface area (Å²) in [6.07, 6.45) is 6.84. The van der Waals surface area contributed by atoms with Crippen LogP contribution in [0, 0.1) is 17.3 Å². The Morgan fingerprint density at radius 2 is 1.96 bits per heavy atom. The molecule has 4 heteroatoms. The Morgan fingerprint density at radius 3 is 2.68 bits per heavy atom. The van der Waals surface area contributed by atoms with Crippen LogP contribution in [0.15, 0.2) is 30.3 Å². The van der Waals surface area contributed by atoms with Gasteiger partial charge in [0.2, 0.25) is 5.91 Å². The number of rotatable bonds is 4. The molecule has 2 unspecified atom stereocenters. The van der Waals surface area contributed by atoms with Gasteiger partial charge in [-0.2, -0.15) is 0 Å². The largest absolute Gasteiger partial charge is 0.390 e. The number of nitrogens with one attached hydrogen (secondary N) is 2. The van der Waals surface area contributed by atoms with Gasteiger partial charge in [0.25, 0.3) is 0 Å². The number of aliphatic hydroxyl groups is 1. The van der Waals surface area contributed by atoms with Crippen molar-refractivity contribution in [1.82, 2.24) is 10.3 Å². The van der Waals surface area contributed by atoms with Crippen LogP contribution in [-0.4, -0.2) is 21.6 Å². The Kier molecular flexibility index (Phi) is 3.30. The summed E-state index contributed by atoms with van der Waals surface area (Å²) in [5.41, 5.74) is 1.71. The van der Waals surface area contributed by atoms with Gasteiger partial charge in [-0.1, -0.05) is 18.2 Å². The van der Waals surface area contributed by atoms with Crippen LogP contribution in [0.4, 0.5) is 0 Å². The molecule has 6 rings (SSSR count). The molecule has 4 aliphatic carbocycles. The number of para-hydroxylation sites is 1. The van der Waals surface area contributed by atoms with Crippen LogP contribution >= 0.6 is 0 Å². The van der Waals surface area contributed by atoms with Crippen molar-refractivity contribution in [3.63, 3.8) is 0 Å². The second-order valence-electron chi connectivity index (χ2n) is 9.02. The first kappa shape index (κ1) is 15.4. The summed E-state index contributed by atoms with van der Waals surface area (Å²) in [4.78, 5) is 16.0. The maximum Gasteiger partial charge on any atom is 0.220 e. The van der Waals surface area contributed by atoms with Crippen molar-refractivity contribution in [2.75, 3.05) is 0 Å². The van der Waals surface area contributed by atoms with Gasteiger partial charge in [0.05, 0.1) is 12.1 Å². The minimum Gasteiger partial charge on any atom is -0.390 e. The van der Waals surface area contributed by atoms with Crippen molar-refractivity contribution in [3.8, 4) is 0 Å². The van der Waals surface area contributed by atoms with Gasteiger partial charge in [0.15, 0.2) is 0 Å². The average molecular weight is 338 g/mol. The van der Waals surface area contributed by atoms with Crippen LogP contribution in [0.25, 0.3) is 10.9 Å². The fraction of sp³-hybridized carbons (Fsp3) is 0.571. The van der Waals surface area contributed by atoms with E-state index >= 15 is 0 Å². The predicted octanol–water partition coefficient (Wildman–Crippen LogP) is 3.51. The molecule has 2 aromatic rings. The van der Waals surface area contributed by atoms with Crippen molar-refractivity contribution in [3.05, 3.63) is 36.0 Å². The van der Waals surface area contributed by atoms with Crippen molar-refractivity contribution in [2.24, 2.45) is 17.3 Å². The van der Waals surface area contributed by atoms with Gasteiger partial charge in [0.1, 0.15) is 0 Å². The lowest BCUT2D eigenvalue weighted by Gasteiger charge is -2.60. The highest BCUT2D eigenvalue weighted by molar-refractivity contribution is 5.81. The number of hydrogen-bond donors (Lipinski definition) is 3. The number of amides is 1. The van der Waals surface area contributed by atoms with Crippen LogP contribution in [0.5, 0.6) is 0 Å². The first-order valence-electron chi connectivity index (χ1n) is 9.57. The SMILES string of the molecule is O=C(CC12CC3CC(CC(O)(C3)C1)C2)NCc1cc2ccccc2[nH]1. The highest BCUT2D eigenvalue weighted by Crippen LogP contribution is 2.62. The van der Waals surface area contributed by atoms with Crippen LogP contribution < -0.4 is 5.32 Å². The van der Waals surface area contributed by atoms with Crippen LogP contribution in [0.1, 0.15) is 50.6 Å². The molecule has 2 atom stereocenters. The monoisotopic (exact) mass is 338 g/mol. The number of fused-ring (bicyclic) bond motifs is 1. The van der Waals surface area contributed by atoms with Crippen LogP contribution in [0.3, 0.4) is 0 Å². The van der Waals surface area contributed by atoms with E-state index in [4.69, 9.17) is 0 Å². The van der Waals surface area contributed by atoms with E-state index in [1.165, 1.54) is 11.8 Å². The quantitative estimate of drug-likeness (QED) is 0.799. The molecule has 3 N–H and O–H groups in total. The lowest BCUT2D eigenvalue weighted by molar-refractivity contribution is -0.169. The van der Waals surface area contributed by atoms with Gasteiger partial charge < -0.3 is 15.4 Å². The number of hydrogen-bond acceptors (Lipinski definition) is 2. The Hall–Kier alpha value is -1.81. The van der Waals surface area contributed by atoms with Gasteiger partial charge in [0, 0.05) is 17.6 Å². The molecule has 1 heterocycles. The number of aromatic nitrogens is 1. The molecule has 1 aromatic carbocycles. The van der Waals surface area contributed by atoms with E-state index < -0.39 is 5.60 Å². The van der Waals surface area contributed by atoms with Gasteiger partial charge in [-0.05, 0) is 73.3 Å². The second kappa shape index (κ2) is 5.34. The molecule has 0 saturated heterocycles. The third-order valence-corrected chi connectivity index (χ3v) is 6.75. The zero-order valence-corrected chi connectivity index (χ0v) is 14.6. The molecule has 1 aromatic heterocycles. The molecule has 1 amide bonds. The third-order valence-electron chi connectivity index (χ3n) is 6.75. The Morgan fingerprint density at radius 1 is 1.20 bits per heavy atom. The number of H-pyrrole nitrogens is 1. The first-order chi connectivity index (χ1) is 12.0. The molecule has 25 heavy (non-hydrogen) atoms. The van der Waals surface area contributed by atoms with E-state index in [-0.39, 0.29) is 11.3 Å². The maximum absolute atomic E-state index is 12.6. The van der Waals surface area contributed by atoms with E-state index in [2.05, 4.69) is 28.5 Å². The van der Waals surface area contributed by atoms with Crippen LogP contribution in [0.2, 0.25) is 0 Å². The molecule has 0 aliphatic heterocycles. The van der Waals surface area contributed by atoms with Crippen molar-refractivity contribution in [2.45, 2.75) is 57.1 Å². The molecule has 4 nitrogen and oxygen atoms in total. The van der Waals surface area contributed by atoms with Gasteiger partial charge in [-0.25, -0.2) is 0 Å².